The number of azide groups is 1. The molecular weight excluding hydrogens is 293 g/mol. The highest BCUT2D eigenvalue weighted by Gasteiger charge is 2.03. The first-order chi connectivity index (χ1) is 10.2. The molecule has 0 aromatic heterocycles. The lowest BCUT2D eigenvalue weighted by Gasteiger charge is -2.08. The van der Waals surface area contributed by atoms with Crippen LogP contribution in [0.2, 0.25) is 0 Å². The van der Waals surface area contributed by atoms with Gasteiger partial charge in [-0.15, -0.1) is 0 Å². The largest absolute Gasteiger partial charge is 0.452 e. The van der Waals surface area contributed by atoms with Gasteiger partial charge in [0.1, 0.15) is 18.2 Å². The Morgan fingerprint density at radius 3 is 2.43 bits per heavy atom. The second kappa shape index (κ2) is 7.23. The number of rotatable bonds is 4. The van der Waals surface area contributed by atoms with Crippen molar-refractivity contribution in [2.24, 2.45) is 5.11 Å². The molecule has 2 rings (SSSR count). The molecule has 2 aromatic carbocycles. The zero-order valence-electron chi connectivity index (χ0n) is 10.8. The normalized spacial score (nSPS) is 9.57. The van der Waals surface area contributed by atoms with Crippen LogP contribution in [-0.4, -0.2) is 5.24 Å². The Kier molecular flexibility index (Phi) is 5.09. The van der Waals surface area contributed by atoms with Crippen LogP contribution < -0.4 is 4.74 Å². The van der Waals surface area contributed by atoms with Crippen LogP contribution in [-0.2, 0) is 11.3 Å². The van der Waals surface area contributed by atoms with Gasteiger partial charge < -0.3 is 9.47 Å². The summed E-state index contributed by atoms with van der Waals surface area (Å²) >= 11 is 4.93. The van der Waals surface area contributed by atoms with Crippen LogP contribution in [0.15, 0.2) is 53.6 Å². The summed E-state index contributed by atoms with van der Waals surface area (Å²) in [5, 5.41) is 3.41. The molecule has 0 heterocycles. The molecule has 0 N–H and O–H groups in total. The van der Waals surface area contributed by atoms with E-state index in [4.69, 9.17) is 27.2 Å². The lowest BCUT2D eigenvalue weighted by atomic mass is 10.2. The Bertz CT molecular complexity index is 668. The monoisotopic (exact) mass is 303 g/mol. The van der Waals surface area contributed by atoms with Gasteiger partial charge in [-0.25, -0.2) is 4.39 Å². The quantitative estimate of drug-likeness (QED) is 0.357. The van der Waals surface area contributed by atoms with Gasteiger partial charge in [-0.05, 0) is 35.4 Å². The second-order valence-electron chi connectivity index (χ2n) is 3.95. The number of thiocarbonyl (C=S) groups is 1. The fourth-order valence-corrected chi connectivity index (χ4v) is 1.64. The molecule has 0 atom stereocenters. The van der Waals surface area contributed by atoms with Crippen molar-refractivity contribution in [3.63, 3.8) is 0 Å². The number of benzene rings is 2. The average molecular weight is 303 g/mol. The van der Waals surface area contributed by atoms with E-state index in [-0.39, 0.29) is 17.7 Å². The summed E-state index contributed by atoms with van der Waals surface area (Å²) in [5.74, 6) is 0.0504. The van der Waals surface area contributed by atoms with E-state index in [2.05, 4.69) is 10.0 Å². The maximum Gasteiger partial charge on any atom is 0.358 e. The van der Waals surface area contributed by atoms with Crippen LogP contribution in [0.25, 0.3) is 10.4 Å². The highest BCUT2D eigenvalue weighted by Crippen LogP contribution is 2.15. The van der Waals surface area contributed by atoms with Crippen molar-refractivity contribution in [3.05, 3.63) is 70.4 Å². The number of halogens is 1. The summed E-state index contributed by atoms with van der Waals surface area (Å²) < 4.78 is 23.2. The second-order valence-corrected chi connectivity index (χ2v) is 4.28. The SMILES string of the molecule is [N-]=[N+]=Nc1ccc(COC(=S)Oc2ccc(F)cc2)cc1. The summed E-state index contributed by atoms with van der Waals surface area (Å²) in [6.07, 6.45) is 0. The topological polar surface area (TPSA) is 67.2 Å². The van der Waals surface area contributed by atoms with Gasteiger partial charge in [-0.2, -0.15) is 0 Å². The predicted octanol–water partition coefficient (Wildman–Crippen LogP) is 4.65. The number of ether oxygens (including phenoxy) is 2. The Balaban J connectivity index is 1.86. The molecule has 21 heavy (non-hydrogen) atoms. The van der Waals surface area contributed by atoms with Gasteiger partial charge in [0.15, 0.2) is 0 Å². The molecule has 0 radical (unpaired) electrons. The fraction of sp³-hybridized carbons (Fsp3) is 0.0714. The molecule has 0 saturated heterocycles. The molecule has 0 spiro atoms. The molecule has 5 nitrogen and oxygen atoms in total. The van der Waals surface area contributed by atoms with Crippen molar-refractivity contribution in [1.82, 2.24) is 0 Å². The molecule has 0 saturated carbocycles. The molecule has 0 aliphatic carbocycles. The molecule has 0 amide bonds. The van der Waals surface area contributed by atoms with Gasteiger partial charge in [0, 0.05) is 22.8 Å². The van der Waals surface area contributed by atoms with Crippen LogP contribution >= 0.6 is 12.2 Å². The van der Waals surface area contributed by atoms with Crippen LogP contribution in [0.5, 0.6) is 5.75 Å². The third kappa shape index (κ3) is 4.76. The van der Waals surface area contributed by atoms with Gasteiger partial charge in [-0.1, -0.05) is 29.4 Å². The van der Waals surface area contributed by atoms with E-state index in [1.54, 1.807) is 24.3 Å². The molecule has 0 aliphatic rings. The van der Waals surface area contributed by atoms with E-state index < -0.39 is 0 Å². The minimum absolute atomic E-state index is 0.0549. The molecule has 7 heteroatoms. The zero-order chi connectivity index (χ0) is 15.1. The summed E-state index contributed by atoms with van der Waals surface area (Å²) in [6.45, 7) is 0.219. The third-order valence-corrected chi connectivity index (χ3v) is 2.67. The van der Waals surface area contributed by atoms with Crippen molar-refractivity contribution in [1.29, 1.82) is 0 Å². The third-order valence-electron chi connectivity index (χ3n) is 2.47. The summed E-state index contributed by atoms with van der Waals surface area (Å²) in [4.78, 5) is 2.69. The molecule has 106 valence electrons. The van der Waals surface area contributed by atoms with Crippen molar-refractivity contribution in [2.45, 2.75) is 6.61 Å². The molecule has 2 aromatic rings. The first-order valence-corrected chi connectivity index (χ1v) is 6.32. The van der Waals surface area contributed by atoms with Crippen molar-refractivity contribution < 1.29 is 13.9 Å². The van der Waals surface area contributed by atoms with Crippen LogP contribution in [0.4, 0.5) is 10.1 Å². The standard InChI is InChI=1S/C14H10FN3O2S/c15-11-3-7-13(8-4-11)20-14(21)19-9-10-1-5-12(6-2-10)17-18-16/h1-8H,9H2. The van der Waals surface area contributed by atoms with E-state index in [1.807, 2.05) is 0 Å². The highest BCUT2D eigenvalue weighted by molar-refractivity contribution is 7.79. The van der Waals surface area contributed by atoms with E-state index in [1.165, 1.54) is 24.3 Å². The summed E-state index contributed by atoms with van der Waals surface area (Å²) in [7, 11) is 0. The summed E-state index contributed by atoms with van der Waals surface area (Å²) in [5.41, 5.74) is 9.66. The zero-order valence-corrected chi connectivity index (χ0v) is 11.6. The molecular formula is C14H10FN3O2S. The number of nitrogens with zero attached hydrogens (tertiary/aromatic N) is 3. The highest BCUT2D eigenvalue weighted by atomic mass is 32.1. The Morgan fingerprint density at radius 2 is 1.81 bits per heavy atom. The predicted molar refractivity (Wildman–Crippen MR) is 79.7 cm³/mol. The number of hydrogen-bond donors (Lipinski definition) is 0. The fourth-order valence-electron chi connectivity index (χ4n) is 1.48. The van der Waals surface area contributed by atoms with Crippen LogP contribution in [0.3, 0.4) is 0 Å². The maximum atomic E-state index is 12.7. The Morgan fingerprint density at radius 1 is 1.14 bits per heavy atom. The van der Waals surface area contributed by atoms with Gasteiger partial charge in [0.2, 0.25) is 0 Å². The molecule has 0 bridgehead atoms. The average Bonchev–Trinajstić information content (AvgIpc) is 2.49. The lowest BCUT2D eigenvalue weighted by Crippen LogP contribution is -2.10. The minimum Gasteiger partial charge on any atom is -0.452 e. The van der Waals surface area contributed by atoms with E-state index in [0.29, 0.717) is 11.4 Å². The van der Waals surface area contributed by atoms with Crippen molar-refractivity contribution >= 4 is 23.1 Å². The van der Waals surface area contributed by atoms with Gasteiger partial charge in [-0.3, -0.25) is 0 Å². The van der Waals surface area contributed by atoms with Crippen LogP contribution in [0, 0.1) is 5.82 Å². The first kappa shape index (κ1) is 14.8. The minimum atomic E-state index is -0.352. The lowest BCUT2D eigenvalue weighted by molar-refractivity contribution is 0.237. The van der Waals surface area contributed by atoms with E-state index in [9.17, 15) is 4.39 Å². The molecule has 0 fully saturated rings. The Hall–Kier alpha value is -2.63. The van der Waals surface area contributed by atoms with Crippen molar-refractivity contribution in [3.8, 4) is 5.75 Å². The molecule has 0 unspecified atom stereocenters. The first-order valence-electron chi connectivity index (χ1n) is 5.91. The summed E-state index contributed by atoms with van der Waals surface area (Å²) in [6, 6.07) is 12.3. The smallest absolute Gasteiger partial charge is 0.358 e. The van der Waals surface area contributed by atoms with E-state index >= 15 is 0 Å². The van der Waals surface area contributed by atoms with Gasteiger partial charge in [0.25, 0.3) is 0 Å². The Labute approximate surface area is 125 Å². The van der Waals surface area contributed by atoms with Crippen molar-refractivity contribution in [2.75, 3.05) is 0 Å². The maximum absolute atomic E-state index is 12.7. The van der Waals surface area contributed by atoms with Gasteiger partial charge >= 0.3 is 5.24 Å². The molecule has 0 aliphatic heterocycles. The van der Waals surface area contributed by atoms with Crippen LogP contribution in [0.1, 0.15) is 5.56 Å². The van der Waals surface area contributed by atoms with Gasteiger partial charge in [0.05, 0.1) is 0 Å². The number of hydrogen-bond acceptors (Lipinski definition) is 4. The van der Waals surface area contributed by atoms with E-state index in [0.717, 1.165) is 5.56 Å².